The van der Waals surface area contributed by atoms with Gasteiger partial charge in [-0.1, -0.05) is 55.0 Å². The number of aliphatic hydroxyl groups is 1. The summed E-state index contributed by atoms with van der Waals surface area (Å²) in [5.41, 5.74) is 3.16. The lowest BCUT2D eigenvalue weighted by molar-refractivity contribution is 0.0660. The van der Waals surface area contributed by atoms with Crippen LogP contribution >= 0.6 is 0 Å². The molecule has 5 nitrogen and oxygen atoms in total. The number of aromatic nitrogens is 1. The van der Waals surface area contributed by atoms with Crippen LogP contribution < -0.4 is 4.74 Å². The highest BCUT2D eigenvalue weighted by atomic mass is 16.5. The third-order valence-electron chi connectivity index (χ3n) is 7.15. The van der Waals surface area contributed by atoms with Crippen LogP contribution in [-0.2, 0) is 5.60 Å². The summed E-state index contributed by atoms with van der Waals surface area (Å²) < 4.78 is 11.1. The maximum atomic E-state index is 12.6. The Morgan fingerprint density at radius 2 is 1.70 bits per heavy atom. The molecule has 5 heteroatoms. The van der Waals surface area contributed by atoms with Gasteiger partial charge in [0.05, 0.1) is 30.7 Å². The molecular weight excluding hydrogens is 460 g/mol. The molecule has 0 saturated heterocycles. The third kappa shape index (κ3) is 5.10. The first-order valence-corrected chi connectivity index (χ1v) is 12.9. The number of nitrogens with zero attached hydrogens (tertiary/aromatic N) is 2. The zero-order chi connectivity index (χ0) is 25.8. The summed E-state index contributed by atoms with van der Waals surface area (Å²) in [5.74, 6) is 0.451. The fourth-order valence-corrected chi connectivity index (χ4v) is 5.21. The van der Waals surface area contributed by atoms with Crippen LogP contribution in [-0.4, -0.2) is 42.7 Å². The van der Waals surface area contributed by atoms with E-state index in [2.05, 4.69) is 43.3 Å². The van der Waals surface area contributed by atoms with Gasteiger partial charge in [-0.3, -0.25) is 0 Å². The normalized spacial score (nSPS) is 13.3. The molecule has 1 unspecified atom stereocenters. The van der Waals surface area contributed by atoms with Crippen molar-refractivity contribution >= 4 is 21.7 Å². The lowest BCUT2D eigenvalue weighted by Crippen LogP contribution is -2.29. The maximum absolute atomic E-state index is 12.6. The highest BCUT2D eigenvalue weighted by Gasteiger charge is 2.36. The van der Waals surface area contributed by atoms with Gasteiger partial charge in [0.1, 0.15) is 5.60 Å². The van der Waals surface area contributed by atoms with Crippen molar-refractivity contribution in [2.75, 3.05) is 27.7 Å². The van der Waals surface area contributed by atoms with Crippen LogP contribution in [0, 0.1) is 0 Å². The second kappa shape index (κ2) is 10.8. The number of fused-ring (bicyclic) bond motifs is 2. The van der Waals surface area contributed by atoms with Crippen LogP contribution in [0.4, 0.5) is 0 Å². The van der Waals surface area contributed by atoms with Crippen LogP contribution in [0.25, 0.3) is 32.8 Å². The number of pyridine rings is 1. The number of hydrogen-bond acceptors (Lipinski definition) is 5. The predicted molar refractivity (Wildman–Crippen MR) is 150 cm³/mol. The van der Waals surface area contributed by atoms with Gasteiger partial charge in [0.15, 0.2) is 0 Å². The molecule has 2 aromatic heterocycles. The fraction of sp³-hybridized carbons (Fsp3) is 0.281. The number of rotatable bonds is 10. The number of ether oxygens (including phenoxy) is 1. The largest absolute Gasteiger partial charge is 0.481 e. The molecule has 37 heavy (non-hydrogen) atoms. The quantitative estimate of drug-likeness (QED) is 0.212. The zero-order valence-electron chi connectivity index (χ0n) is 21.8. The molecule has 0 fully saturated rings. The summed E-state index contributed by atoms with van der Waals surface area (Å²) in [5, 5.41) is 15.7. The number of furan rings is 1. The molecule has 190 valence electrons. The van der Waals surface area contributed by atoms with Gasteiger partial charge in [0, 0.05) is 10.9 Å². The Balaban J connectivity index is 1.64. The van der Waals surface area contributed by atoms with Gasteiger partial charge < -0.3 is 19.2 Å². The lowest BCUT2D eigenvalue weighted by Gasteiger charge is -2.32. The maximum Gasteiger partial charge on any atom is 0.220 e. The van der Waals surface area contributed by atoms with E-state index >= 15 is 0 Å². The molecule has 1 N–H and O–H groups in total. The van der Waals surface area contributed by atoms with Crippen molar-refractivity contribution in [3.05, 3.63) is 96.4 Å². The van der Waals surface area contributed by atoms with E-state index in [9.17, 15) is 5.11 Å². The number of hydrogen-bond donors (Lipinski definition) is 1. The summed E-state index contributed by atoms with van der Waals surface area (Å²) in [4.78, 5) is 7.04. The minimum Gasteiger partial charge on any atom is -0.481 e. The topological polar surface area (TPSA) is 58.7 Å². The van der Waals surface area contributed by atoms with Crippen LogP contribution in [0.3, 0.4) is 0 Å². The van der Waals surface area contributed by atoms with E-state index in [0.29, 0.717) is 17.9 Å². The molecule has 5 aromatic rings. The number of benzene rings is 3. The minimum absolute atomic E-state index is 0.451. The standard InChI is InChI=1S/C32H34N2O3/c1-34(2)18-8-4-7-17-32(35,28-13-9-11-23-10-5-6-12-27(23)28)29-21-26-20-24(25-16-19-37-22-25)14-15-30(26)33-31(29)36-3/h5-6,9-16,19-22,35H,4,7-8,17-18H2,1-3H3. The Kier molecular flexibility index (Phi) is 7.26. The van der Waals surface area contributed by atoms with E-state index in [4.69, 9.17) is 14.1 Å². The molecule has 2 heterocycles. The molecule has 0 aliphatic rings. The van der Waals surface area contributed by atoms with Crippen molar-refractivity contribution in [2.24, 2.45) is 0 Å². The highest BCUT2D eigenvalue weighted by Crippen LogP contribution is 2.43. The summed E-state index contributed by atoms with van der Waals surface area (Å²) >= 11 is 0. The molecule has 1 atom stereocenters. The fourth-order valence-electron chi connectivity index (χ4n) is 5.21. The number of unbranched alkanes of at least 4 members (excludes halogenated alkanes) is 2. The predicted octanol–water partition coefficient (Wildman–Crippen LogP) is 7.01. The molecule has 0 spiro atoms. The Morgan fingerprint density at radius 3 is 2.49 bits per heavy atom. The SMILES string of the molecule is COc1nc2ccc(-c3ccoc3)cc2cc1C(O)(CCCCCN(C)C)c1cccc2ccccc12. The van der Waals surface area contributed by atoms with Gasteiger partial charge in [-0.15, -0.1) is 0 Å². The van der Waals surface area contributed by atoms with Crippen molar-refractivity contribution in [3.63, 3.8) is 0 Å². The van der Waals surface area contributed by atoms with E-state index in [1.54, 1.807) is 19.6 Å². The van der Waals surface area contributed by atoms with Crippen LogP contribution in [0.15, 0.2) is 89.7 Å². The first kappa shape index (κ1) is 25.0. The Hall–Kier alpha value is -3.67. The molecule has 0 radical (unpaired) electrons. The van der Waals surface area contributed by atoms with Crippen LogP contribution in [0.2, 0.25) is 0 Å². The molecule has 5 rings (SSSR count). The molecule has 0 amide bonds. The molecule has 0 bridgehead atoms. The Bertz CT molecular complexity index is 1490. The summed E-state index contributed by atoms with van der Waals surface area (Å²) in [7, 11) is 5.81. The van der Waals surface area contributed by atoms with E-state index in [-0.39, 0.29) is 0 Å². The van der Waals surface area contributed by atoms with Crippen molar-refractivity contribution < 1.29 is 14.3 Å². The Morgan fingerprint density at radius 1 is 0.865 bits per heavy atom. The summed E-state index contributed by atoms with van der Waals surface area (Å²) in [6.45, 7) is 1.03. The monoisotopic (exact) mass is 494 g/mol. The Labute approximate surface area is 218 Å². The van der Waals surface area contributed by atoms with Crippen molar-refractivity contribution in [1.82, 2.24) is 9.88 Å². The van der Waals surface area contributed by atoms with Crippen LogP contribution in [0.5, 0.6) is 5.88 Å². The van der Waals surface area contributed by atoms with Crippen molar-refractivity contribution in [3.8, 4) is 17.0 Å². The second-order valence-corrected chi connectivity index (χ2v) is 9.97. The first-order chi connectivity index (χ1) is 18.0. The molecule has 0 aliphatic carbocycles. The lowest BCUT2D eigenvalue weighted by atomic mass is 9.79. The van der Waals surface area contributed by atoms with E-state index in [1.165, 1.54) is 0 Å². The van der Waals surface area contributed by atoms with Gasteiger partial charge in [0.2, 0.25) is 5.88 Å². The molecule has 3 aromatic carbocycles. The summed E-state index contributed by atoms with van der Waals surface area (Å²) in [6, 6.07) is 24.5. The van der Waals surface area contributed by atoms with Gasteiger partial charge in [-0.05, 0) is 86.1 Å². The van der Waals surface area contributed by atoms with Gasteiger partial charge in [0.25, 0.3) is 0 Å². The summed E-state index contributed by atoms with van der Waals surface area (Å²) in [6.07, 6.45) is 6.97. The van der Waals surface area contributed by atoms with Crippen LogP contribution in [0.1, 0.15) is 36.8 Å². The van der Waals surface area contributed by atoms with E-state index in [1.807, 2.05) is 48.5 Å². The van der Waals surface area contributed by atoms with Crippen molar-refractivity contribution in [2.45, 2.75) is 31.3 Å². The number of methoxy groups -OCH3 is 1. The minimum atomic E-state index is -1.27. The third-order valence-corrected chi connectivity index (χ3v) is 7.15. The van der Waals surface area contributed by atoms with Crippen molar-refractivity contribution in [1.29, 1.82) is 0 Å². The van der Waals surface area contributed by atoms with Gasteiger partial charge in [-0.2, -0.15) is 0 Å². The average molecular weight is 495 g/mol. The zero-order valence-corrected chi connectivity index (χ0v) is 21.8. The van der Waals surface area contributed by atoms with Gasteiger partial charge >= 0.3 is 0 Å². The van der Waals surface area contributed by atoms with E-state index in [0.717, 1.165) is 64.2 Å². The average Bonchev–Trinajstić information content (AvgIpc) is 3.46. The molecule has 0 aliphatic heterocycles. The highest BCUT2D eigenvalue weighted by molar-refractivity contribution is 5.89. The molecular formula is C32H34N2O3. The van der Waals surface area contributed by atoms with E-state index < -0.39 is 5.60 Å². The smallest absolute Gasteiger partial charge is 0.220 e. The second-order valence-electron chi connectivity index (χ2n) is 9.97. The van der Waals surface area contributed by atoms with Gasteiger partial charge in [-0.25, -0.2) is 4.98 Å². The first-order valence-electron chi connectivity index (χ1n) is 12.9. The molecule has 0 saturated carbocycles.